The van der Waals surface area contributed by atoms with Crippen molar-refractivity contribution in [2.24, 2.45) is 0 Å². The van der Waals surface area contributed by atoms with Crippen LogP contribution in [0.2, 0.25) is 10.0 Å². The lowest BCUT2D eigenvalue weighted by Crippen LogP contribution is -2.28. The van der Waals surface area contributed by atoms with Gasteiger partial charge in [0.15, 0.2) is 0 Å². The second-order valence-corrected chi connectivity index (χ2v) is 7.67. The fourth-order valence-corrected chi connectivity index (χ4v) is 3.62. The van der Waals surface area contributed by atoms with Crippen LogP contribution in [0.25, 0.3) is 0 Å². The standard InChI is InChI=1S/C21H23Cl2N3O2/c22-17-7-6-16(19(23)13-17)14-24-21(28)25-18-8-3-15(4-9-18)5-10-20(27)26-11-1-2-12-26/h3-4,6-9,13H,1-2,5,10-12,14H2,(H2,24,25,28). The Morgan fingerprint density at radius 1 is 1.00 bits per heavy atom. The van der Waals surface area contributed by atoms with E-state index in [4.69, 9.17) is 23.2 Å². The number of amides is 3. The Hall–Kier alpha value is -2.24. The molecule has 1 fully saturated rings. The summed E-state index contributed by atoms with van der Waals surface area (Å²) in [6.07, 6.45) is 3.45. The number of anilines is 1. The van der Waals surface area contributed by atoms with Crippen LogP contribution < -0.4 is 10.6 Å². The van der Waals surface area contributed by atoms with Crippen molar-refractivity contribution < 1.29 is 9.59 Å². The van der Waals surface area contributed by atoms with Gasteiger partial charge in [0.2, 0.25) is 5.91 Å². The molecule has 3 rings (SSSR count). The Labute approximate surface area is 175 Å². The van der Waals surface area contributed by atoms with Gasteiger partial charge in [-0.05, 0) is 54.7 Å². The number of halogens is 2. The second kappa shape index (κ2) is 9.80. The third kappa shape index (κ3) is 5.88. The van der Waals surface area contributed by atoms with Crippen LogP contribution in [-0.4, -0.2) is 29.9 Å². The predicted octanol–water partition coefficient (Wildman–Crippen LogP) is 4.87. The van der Waals surface area contributed by atoms with Crippen LogP contribution in [0.5, 0.6) is 0 Å². The number of aryl methyl sites for hydroxylation is 1. The van der Waals surface area contributed by atoms with Crippen molar-refractivity contribution in [3.8, 4) is 0 Å². The first-order chi connectivity index (χ1) is 13.5. The lowest BCUT2D eigenvalue weighted by molar-refractivity contribution is -0.130. The number of urea groups is 1. The molecule has 0 unspecified atom stereocenters. The van der Waals surface area contributed by atoms with Crippen molar-refractivity contribution in [1.29, 1.82) is 0 Å². The Morgan fingerprint density at radius 3 is 2.39 bits per heavy atom. The minimum Gasteiger partial charge on any atom is -0.343 e. The molecule has 3 amide bonds. The van der Waals surface area contributed by atoms with E-state index in [0.717, 1.165) is 37.1 Å². The monoisotopic (exact) mass is 419 g/mol. The zero-order chi connectivity index (χ0) is 19.9. The predicted molar refractivity (Wildman–Crippen MR) is 113 cm³/mol. The third-order valence-corrected chi connectivity index (χ3v) is 5.34. The molecule has 1 saturated heterocycles. The molecular weight excluding hydrogens is 397 g/mol. The van der Waals surface area contributed by atoms with Gasteiger partial charge in [0.1, 0.15) is 0 Å². The van der Waals surface area contributed by atoms with Gasteiger partial charge in [-0.15, -0.1) is 0 Å². The highest BCUT2D eigenvalue weighted by molar-refractivity contribution is 6.35. The van der Waals surface area contributed by atoms with E-state index in [0.29, 0.717) is 35.1 Å². The lowest BCUT2D eigenvalue weighted by Gasteiger charge is -2.15. The molecule has 0 radical (unpaired) electrons. The number of hydrogen-bond acceptors (Lipinski definition) is 2. The van der Waals surface area contributed by atoms with Crippen molar-refractivity contribution in [1.82, 2.24) is 10.2 Å². The lowest BCUT2D eigenvalue weighted by atomic mass is 10.1. The van der Waals surface area contributed by atoms with Crippen molar-refractivity contribution in [2.45, 2.75) is 32.2 Å². The molecule has 0 bridgehead atoms. The van der Waals surface area contributed by atoms with Gasteiger partial charge in [-0.25, -0.2) is 4.79 Å². The van der Waals surface area contributed by atoms with Gasteiger partial charge in [-0.2, -0.15) is 0 Å². The average Bonchev–Trinajstić information content (AvgIpc) is 3.21. The maximum absolute atomic E-state index is 12.1. The van der Waals surface area contributed by atoms with Crippen molar-refractivity contribution in [3.05, 3.63) is 63.6 Å². The molecule has 2 aromatic carbocycles. The van der Waals surface area contributed by atoms with E-state index in [9.17, 15) is 9.59 Å². The van der Waals surface area contributed by atoms with E-state index in [-0.39, 0.29) is 11.9 Å². The van der Waals surface area contributed by atoms with Crippen molar-refractivity contribution in [2.75, 3.05) is 18.4 Å². The highest BCUT2D eigenvalue weighted by atomic mass is 35.5. The summed E-state index contributed by atoms with van der Waals surface area (Å²) < 4.78 is 0. The molecule has 1 aliphatic heterocycles. The van der Waals surface area contributed by atoms with E-state index in [2.05, 4.69) is 10.6 Å². The van der Waals surface area contributed by atoms with Crippen molar-refractivity contribution >= 4 is 40.8 Å². The Morgan fingerprint density at radius 2 is 1.71 bits per heavy atom. The fraction of sp³-hybridized carbons (Fsp3) is 0.333. The molecule has 0 saturated carbocycles. The maximum atomic E-state index is 12.1. The molecule has 1 heterocycles. The first-order valence-electron chi connectivity index (χ1n) is 9.37. The molecule has 2 aromatic rings. The van der Waals surface area contributed by atoms with Crippen LogP contribution >= 0.6 is 23.2 Å². The number of carbonyl (C=O) groups is 2. The number of benzene rings is 2. The summed E-state index contributed by atoms with van der Waals surface area (Å²) in [4.78, 5) is 26.1. The number of nitrogens with zero attached hydrogens (tertiary/aromatic N) is 1. The van der Waals surface area contributed by atoms with Crippen LogP contribution in [0.4, 0.5) is 10.5 Å². The maximum Gasteiger partial charge on any atom is 0.319 e. The first-order valence-corrected chi connectivity index (χ1v) is 10.1. The number of likely N-dealkylation sites (tertiary alicyclic amines) is 1. The van der Waals surface area contributed by atoms with Gasteiger partial charge in [0.05, 0.1) is 0 Å². The molecule has 0 aliphatic carbocycles. The third-order valence-electron chi connectivity index (χ3n) is 4.75. The topological polar surface area (TPSA) is 61.4 Å². The number of carbonyl (C=O) groups excluding carboxylic acids is 2. The highest BCUT2D eigenvalue weighted by Crippen LogP contribution is 2.21. The largest absolute Gasteiger partial charge is 0.343 e. The van der Waals surface area contributed by atoms with Crippen LogP contribution in [0.3, 0.4) is 0 Å². The molecular formula is C21H23Cl2N3O2. The SMILES string of the molecule is O=C(NCc1ccc(Cl)cc1Cl)Nc1ccc(CCC(=O)N2CCCC2)cc1. The van der Waals surface area contributed by atoms with Gasteiger partial charge in [0.25, 0.3) is 0 Å². The van der Waals surface area contributed by atoms with Gasteiger partial charge < -0.3 is 15.5 Å². The van der Waals surface area contributed by atoms with Crippen LogP contribution in [-0.2, 0) is 17.8 Å². The molecule has 5 nitrogen and oxygen atoms in total. The quantitative estimate of drug-likeness (QED) is 0.701. The van der Waals surface area contributed by atoms with E-state index < -0.39 is 0 Å². The minimum absolute atomic E-state index is 0.222. The number of nitrogens with one attached hydrogen (secondary N) is 2. The fourth-order valence-electron chi connectivity index (χ4n) is 3.15. The van der Waals surface area contributed by atoms with E-state index >= 15 is 0 Å². The second-order valence-electron chi connectivity index (χ2n) is 6.83. The zero-order valence-electron chi connectivity index (χ0n) is 15.5. The van der Waals surface area contributed by atoms with Crippen LogP contribution in [0.15, 0.2) is 42.5 Å². The number of rotatable bonds is 6. The molecule has 28 heavy (non-hydrogen) atoms. The average molecular weight is 420 g/mol. The minimum atomic E-state index is -0.317. The smallest absolute Gasteiger partial charge is 0.319 e. The summed E-state index contributed by atoms with van der Waals surface area (Å²) in [6, 6.07) is 12.4. The van der Waals surface area contributed by atoms with E-state index in [1.165, 1.54) is 0 Å². The first kappa shape index (κ1) is 20.5. The molecule has 0 aromatic heterocycles. The summed E-state index contributed by atoms with van der Waals surface area (Å²) >= 11 is 12.0. The molecule has 2 N–H and O–H groups in total. The summed E-state index contributed by atoms with van der Waals surface area (Å²) in [7, 11) is 0. The summed E-state index contributed by atoms with van der Waals surface area (Å²) in [5, 5.41) is 6.62. The molecule has 7 heteroatoms. The summed E-state index contributed by atoms with van der Waals surface area (Å²) in [5.41, 5.74) is 2.56. The zero-order valence-corrected chi connectivity index (χ0v) is 17.0. The Balaban J connectivity index is 1.44. The Kier molecular flexibility index (Phi) is 7.18. The molecule has 148 valence electrons. The molecule has 0 atom stereocenters. The van der Waals surface area contributed by atoms with E-state index in [1.807, 2.05) is 29.2 Å². The summed E-state index contributed by atoms with van der Waals surface area (Å²) in [6.45, 7) is 2.08. The Bertz CT molecular complexity index is 834. The molecule has 0 spiro atoms. The highest BCUT2D eigenvalue weighted by Gasteiger charge is 2.17. The van der Waals surface area contributed by atoms with Crippen LogP contribution in [0, 0.1) is 0 Å². The van der Waals surface area contributed by atoms with Gasteiger partial charge >= 0.3 is 6.03 Å². The van der Waals surface area contributed by atoms with Crippen LogP contribution in [0.1, 0.15) is 30.4 Å². The van der Waals surface area contributed by atoms with Gasteiger partial charge in [-0.1, -0.05) is 41.4 Å². The summed E-state index contributed by atoms with van der Waals surface area (Å²) in [5.74, 6) is 0.222. The van der Waals surface area contributed by atoms with E-state index in [1.54, 1.807) is 18.2 Å². The van der Waals surface area contributed by atoms with Gasteiger partial charge in [0, 0.05) is 41.8 Å². The van der Waals surface area contributed by atoms with Gasteiger partial charge in [-0.3, -0.25) is 4.79 Å². The number of hydrogen-bond donors (Lipinski definition) is 2. The van der Waals surface area contributed by atoms with Crippen molar-refractivity contribution in [3.63, 3.8) is 0 Å². The normalized spacial score (nSPS) is 13.4. The molecule has 1 aliphatic rings.